The molecule has 21 heavy (non-hydrogen) atoms. The maximum absolute atomic E-state index is 11.6. The molecule has 0 bridgehead atoms. The summed E-state index contributed by atoms with van der Waals surface area (Å²) < 4.78 is 5.10. The van der Waals surface area contributed by atoms with Crippen LogP contribution in [0.5, 0.6) is 0 Å². The molecule has 2 atom stereocenters. The largest absolute Gasteiger partial charge is 0.462 e. The van der Waals surface area contributed by atoms with Gasteiger partial charge in [-0.1, -0.05) is 30.3 Å². The van der Waals surface area contributed by atoms with Gasteiger partial charge in [0.25, 0.3) is 0 Å². The van der Waals surface area contributed by atoms with Gasteiger partial charge in [0.1, 0.15) is 6.10 Å². The topological polar surface area (TPSA) is 75.6 Å². The van der Waals surface area contributed by atoms with E-state index in [1.54, 1.807) is 6.08 Å². The van der Waals surface area contributed by atoms with Crippen LogP contribution in [-0.4, -0.2) is 35.7 Å². The van der Waals surface area contributed by atoms with Gasteiger partial charge in [-0.2, -0.15) is 0 Å². The Morgan fingerprint density at radius 2 is 2.14 bits per heavy atom. The molecule has 5 nitrogen and oxygen atoms in total. The lowest BCUT2D eigenvalue weighted by molar-refractivity contribution is -0.160. The Kier molecular flexibility index (Phi) is 5.51. The molecule has 0 radical (unpaired) electrons. The minimum Gasteiger partial charge on any atom is -0.462 e. The van der Waals surface area contributed by atoms with Crippen LogP contribution < -0.4 is 5.32 Å². The normalized spacial score (nSPS) is 22.0. The summed E-state index contributed by atoms with van der Waals surface area (Å²) in [6.07, 6.45) is 3.25. The monoisotopic (exact) mass is 289 g/mol. The molecule has 0 aromatic heterocycles. The average molecular weight is 289 g/mol. The van der Waals surface area contributed by atoms with Crippen LogP contribution in [0.2, 0.25) is 0 Å². The van der Waals surface area contributed by atoms with Gasteiger partial charge in [-0.05, 0) is 11.6 Å². The fourth-order valence-electron chi connectivity index (χ4n) is 2.19. The van der Waals surface area contributed by atoms with Crippen LogP contribution in [0, 0.1) is 0 Å². The molecule has 1 amide bonds. The second kappa shape index (κ2) is 7.59. The number of esters is 1. The number of aliphatic hydroxyl groups excluding tert-OH is 1. The van der Waals surface area contributed by atoms with Gasteiger partial charge >= 0.3 is 5.97 Å². The Hall–Kier alpha value is -2.14. The number of carbonyl (C=O) groups is 2. The molecule has 1 aromatic carbocycles. The molecule has 0 spiro atoms. The predicted molar refractivity (Wildman–Crippen MR) is 78.2 cm³/mol. The SMILES string of the molecule is O=C(/C=C/c1ccccc1)NCC[C@H]1C[C@@H](O)CC(=O)O1. The van der Waals surface area contributed by atoms with E-state index in [1.165, 1.54) is 6.08 Å². The number of cyclic esters (lactones) is 1. The Morgan fingerprint density at radius 3 is 2.86 bits per heavy atom. The van der Waals surface area contributed by atoms with Crippen LogP contribution in [0.4, 0.5) is 0 Å². The van der Waals surface area contributed by atoms with E-state index >= 15 is 0 Å². The zero-order chi connectivity index (χ0) is 15.1. The number of benzene rings is 1. The molecular weight excluding hydrogens is 270 g/mol. The van der Waals surface area contributed by atoms with Crippen molar-refractivity contribution in [1.29, 1.82) is 0 Å². The van der Waals surface area contributed by atoms with Crippen LogP contribution in [0.1, 0.15) is 24.8 Å². The zero-order valence-electron chi connectivity index (χ0n) is 11.7. The van der Waals surface area contributed by atoms with Crippen molar-refractivity contribution in [2.24, 2.45) is 0 Å². The number of hydrogen-bond acceptors (Lipinski definition) is 4. The number of amides is 1. The lowest BCUT2D eigenvalue weighted by Gasteiger charge is -2.25. The van der Waals surface area contributed by atoms with E-state index in [2.05, 4.69) is 5.32 Å². The van der Waals surface area contributed by atoms with E-state index in [0.717, 1.165) is 5.56 Å². The molecule has 1 aliphatic rings. The summed E-state index contributed by atoms with van der Waals surface area (Å²) in [5.74, 6) is -0.574. The van der Waals surface area contributed by atoms with Crippen LogP contribution in [0.15, 0.2) is 36.4 Å². The van der Waals surface area contributed by atoms with E-state index in [0.29, 0.717) is 19.4 Å². The van der Waals surface area contributed by atoms with Gasteiger partial charge in [0.15, 0.2) is 0 Å². The van der Waals surface area contributed by atoms with E-state index in [9.17, 15) is 14.7 Å². The highest BCUT2D eigenvalue weighted by Gasteiger charge is 2.26. The van der Waals surface area contributed by atoms with Gasteiger partial charge in [0, 0.05) is 25.5 Å². The highest BCUT2D eigenvalue weighted by Crippen LogP contribution is 2.17. The number of aliphatic hydroxyl groups is 1. The fraction of sp³-hybridized carbons (Fsp3) is 0.375. The highest BCUT2D eigenvalue weighted by atomic mass is 16.5. The van der Waals surface area contributed by atoms with E-state index in [4.69, 9.17) is 4.74 Å². The lowest BCUT2D eigenvalue weighted by Crippen LogP contribution is -2.35. The predicted octanol–water partition coefficient (Wildman–Crippen LogP) is 1.27. The van der Waals surface area contributed by atoms with Crippen LogP contribution in [0.25, 0.3) is 6.08 Å². The van der Waals surface area contributed by atoms with Crippen molar-refractivity contribution in [1.82, 2.24) is 5.32 Å². The number of hydrogen-bond donors (Lipinski definition) is 2. The molecule has 112 valence electrons. The van der Waals surface area contributed by atoms with E-state index in [1.807, 2.05) is 30.3 Å². The first-order valence-corrected chi connectivity index (χ1v) is 7.02. The smallest absolute Gasteiger partial charge is 0.308 e. The third-order valence-corrected chi connectivity index (χ3v) is 3.23. The summed E-state index contributed by atoms with van der Waals surface area (Å²) in [7, 11) is 0. The van der Waals surface area contributed by atoms with Gasteiger partial charge in [0.2, 0.25) is 5.91 Å². The molecule has 2 rings (SSSR count). The summed E-state index contributed by atoms with van der Waals surface area (Å²) in [5.41, 5.74) is 0.956. The Labute approximate surface area is 123 Å². The van der Waals surface area contributed by atoms with Crippen molar-refractivity contribution in [2.45, 2.75) is 31.5 Å². The second-order valence-electron chi connectivity index (χ2n) is 5.03. The van der Waals surface area contributed by atoms with Crippen LogP contribution in [0.3, 0.4) is 0 Å². The number of nitrogens with one attached hydrogen (secondary N) is 1. The highest BCUT2D eigenvalue weighted by molar-refractivity contribution is 5.91. The van der Waals surface area contributed by atoms with Crippen LogP contribution in [-0.2, 0) is 14.3 Å². The van der Waals surface area contributed by atoms with Gasteiger partial charge in [-0.3, -0.25) is 9.59 Å². The molecule has 0 aliphatic carbocycles. The summed E-state index contributed by atoms with van der Waals surface area (Å²) >= 11 is 0. The number of ether oxygens (including phenoxy) is 1. The Bertz CT molecular complexity index is 512. The standard InChI is InChI=1S/C16H19NO4/c18-13-10-14(21-16(20)11-13)8-9-17-15(19)7-6-12-4-2-1-3-5-12/h1-7,13-14,18H,8-11H2,(H,17,19)/b7-6+/t13-,14+/m1/s1. The molecule has 1 saturated heterocycles. The molecule has 5 heteroatoms. The van der Waals surface area contributed by atoms with E-state index in [-0.39, 0.29) is 24.4 Å². The first-order valence-electron chi connectivity index (χ1n) is 7.02. The second-order valence-corrected chi connectivity index (χ2v) is 5.03. The third-order valence-electron chi connectivity index (χ3n) is 3.23. The van der Waals surface area contributed by atoms with Gasteiger partial charge in [-0.25, -0.2) is 0 Å². The van der Waals surface area contributed by atoms with Crippen molar-refractivity contribution >= 4 is 18.0 Å². The first-order chi connectivity index (χ1) is 10.1. The molecule has 1 fully saturated rings. The molecule has 1 heterocycles. The minimum atomic E-state index is -0.634. The third kappa shape index (κ3) is 5.39. The maximum Gasteiger partial charge on any atom is 0.308 e. The summed E-state index contributed by atoms with van der Waals surface area (Å²) in [4.78, 5) is 22.8. The van der Waals surface area contributed by atoms with E-state index < -0.39 is 6.10 Å². The molecule has 2 N–H and O–H groups in total. The summed E-state index contributed by atoms with van der Waals surface area (Å²) in [5, 5.41) is 12.2. The molecule has 0 unspecified atom stereocenters. The number of carbonyl (C=O) groups excluding carboxylic acids is 2. The molecular formula is C16H19NO4. The van der Waals surface area contributed by atoms with Gasteiger partial charge in [-0.15, -0.1) is 0 Å². The van der Waals surface area contributed by atoms with Gasteiger partial charge < -0.3 is 15.2 Å². The van der Waals surface area contributed by atoms with Gasteiger partial charge in [0.05, 0.1) is 12.5 Å². The summed E-state index contributed by atoms with van der Waals surface area (Å²) in [6.45, 7) is 0.405. The molecule has 1 aromatic rings. The minimum absolute atomic E-state index is 0.0582. The Balaban J connectivity index is 1.70. The van der Waals surface area contributed by atoms with Crippen molar-refractivity contribution in [3.05, 3.63) is 42.0 Å². The van der Waals surface area contributed by atoms with Crippen molar-refractivity contribution in [3.63, 3.8) is 0 Å². The molecule has 0 saturated carbocycles. The van der Waals surface area contributed by atoms with Crippen molar-refractivity contribution in [3.8, 4) is 0 Å². The van der Waals surface area contributed by atoms with Crippen molar-refractivity contribution in [2.75, 3.05) is 6.54 Å². The Morgan fingerprint density at radius 1 is 1.38 bits per heavy atom. The fourth-order valence-corrected chi connectivity index (χ4v) is 2.19. The number of rotatable bonds is 5. The van der Waals surface area contributed by atoms with Crippen molar-refractivity contribution < 1.29 is 19.4 Å². The summed E-state index contributed by atoms with van der Waals surface area (Å²) in [6, 6.07) is 9.54. The maximum atomic E-state index is 11.6. The van der Waals surface area contributed by atoms with Crippen LogP contribution >= 0.6 is 0 Å². The quantitative estimate of drug-likeness (QED) is 0.632. The molecule has 1 aliphatic heterocycles. The lowest BCUT2D eigenvalue weighted by atomic mass is 10.0. The zero-order valence-corrected chi connectivity index (χ0v) is 11.7. The average Bonchev–Trinajstić information content (AvgIpc) is 2.45. The first kappa shape index (κ1) is 15.3.